The number of thioether (sulfide) groups is 1. The van der Waals surface area contributed by atoms with Gasteiger partial charge in [-0.1, -0.05) is 11.8 Å². The number of rotatable bonds is 5. The Balaban J connectivity index is 4.01. The Bertz CT molecular complexity index is 140. The lowest BCUT2D eigenvalue weighted by Crippen LogP contribution is -2.46. The summed E-state index contributed by atoms with van der Waals surface area (Å²) in [7, 11) is 2.05. The molecule has 0 aliphatic carbocycles. The van der Waals surface area contributed by atoms with Crippen molar-refractivity contribution in [1.82, 2.24) is 0 Å². The SMILES string of the molecule is CO[Si](CSC(C)=O)(OC)OC. The maximum Gasteiger partial charge on any atom is 0.511 e. The average molecular weight is 210 g/mol. The van der Waals surface area contributed by atoms with E-state index in [1.807, 2.05) is 0 Å². The largest absolute Gasteiger partial charge is 0.511 e. The second kappa shape index (κ2) is 5.71. The zero-order valence-electron chi connectivity index (χ0n) is 7.75. The van der Waals surface area contributed by atoms with Crippen molar-refractivity contribution in [3.63, 3.8) is 0 Å². The van der Waals surface area contributed by atoms with Gasteiger partial charge >= 0.3 is 8.80 Å². The predicted octanol–water partition coefficient (Wildman–Crippen LogP) is 0.683. The molecular formula is C6H14O4SSi. The predicted molar refractivity (Wildman–Crippen MR) is 49.9 cm³/mol. The van der Waals surface area contributed by atoms with E-state index in [2.05, 4.69) is 0 Å². The Morgan fingerprint density at radius 1 is 1.25 bits per heavy atom. The Kier molecular flexibility index (Phi) is 5.77. The normalized spacial score (nSPS) is 11.7. The van der Waals surface area contributed by atoms with Gasteiger partial charge in [0.25, 0.3) is 0 Å². The molecule has 0 N–H and O–H groups in total. The molecule has 0 aromatic heterocycles. The zero-order chi connectivity index (χ0) is 9.61. The quantitative estimate of drug-likeness (QED) is 0.625. The fraction of sp³-hybridized carbons (Fsp3) is 0.833. The highest BCUT2D eigenvalue weighted by atomic mass is 32.2. The zero-order valence-corrected chi connectivity index (χ0v) is 9.56. The van der Waals surface area contributed by atoms with Crippen molar-refractivity contribution in [3.8, 4) is 0 Å². The molecule has 0 aromatic rings. The van der Waals surface area contributed by atoms with Gasteiger partial charge < -0.3 is 13.3 Å². The van der Waals surface area contributed by atoms with Crippen LogP contribution in [-0.2, 0) is 18.1 Å². The molecule has 0 unspecified atom stereocenters. The molecule has 0 atom stereocenters. The lowest BCUT2D eigenvalue weighted by atomic mass is 10.9. The summed E-state index contributed by atoms with van der Waals surface area (Å²) in [6, 6.07) is 0. The minimum absolute atomic E-state index is 0.0398. The highest BCUT2D eigenvalue weighted by molar-refractivity contribution is 8.14. The monoisotopic (exact) mass is 210 g/mol. The molecule has 72 valence electrons. The second-order valence-corrected chi connectivity index (χ2v) is 6.68. The lowest BCUT2D eigenvalue weighted by Gasteiger charge is -2.23. The molecule has 0 spiro atoms. The van der Waals surface area contributed by atoms with Crippen LogP contribution in [0.4, 0.5) is 0 Å². The van der Waals surface area contributed by atoms with Gasteiger partial charge in [-0.25, -0.2) is 0 Å². The highest BCUT2D eigenvalue weighted by Crippen LogP contribution is 2.14. The van der Waals surface area contributed by atoms with E-state index in [0.29, 0.717) is 5.38 Å². The van der Waals surface area contributed by atoms with Crippen LogP contribution in [0.15, 0.2) is 0 Å². The summed E-state index contributed by atoms with van der Waals surface area (Å²) < 4.78 is 15.3. The first kappa shape index (κ1) is 12.1. The smallest absolute Gasteiger partial charge is 0.376 e. The van der Waals surface area contributed by atoms with Gasteiger partial charge in [-0.3, -0.25) is 4.79 Å². The summed E-state index contributed by atoms with van der Waals surface area (Å²) in [5, 5.41) is 0.504. The van der Waals surface area contributed by atoms with E-state index in [-0.39, 0.29) is 5.12 Å². The van der Waals surface area contributed by atoms with Crippen LogP contribution in [0.3, 0.4) is 0 Å². The molecule has 0 amide bonds. The van der Waals surface area contributed by atoms with Crippen LogP contribution in [-0.4, -0.2) is 40.6 Å². The van der Waals surface area contributed by atoms with Crippen molar-refractivity contribution >= 4 is 25.7 Å². The molecule has 0 heterocycles. The summed E-state index contributed by atoms with van der Waals surface area (Å²) >= 11 is 1.16. The van der Waals surface area contributed by atoms with Gasteiger partial charge in [-0.15, -0.1) is 0 Å². The average Bonchev–Trinajstić information content (AvgIpc) is 2.08. The molecule has 6 heteroatoms. The topological polar surface area (TPSA) is 44.8 Å². The molecule has 12 heavy (non-hydrogen) atoms. The van der Waals surface area contributed by atoms with E-state index < -0.39 is 8.80 Å². The molecule has 0 saturated heterocycles. The first-order chi connectivity index (χ1) is 5.60. The molecule has 0 aromatic carbocycles. The maximum absolute atomic E-state index is 10.7. The van der Waals surface area contributed by atoms with E-state index >= 15 is 0 Å². The lowest BCUT2D eigenvalue weighted by molar-refractivity contribution is -0.109. The molecular weight excluding hydrogens is 196 g/mol. The van der Waals surface area contributed by atoms with Crippen LogP contribution in [0.1, 0.15) is 6.92 Å². The minimum atomic E-state index is -2.54. The first-order valence-corrected chi connectivity index (χ1v) is 6.31. The van der Waals surface area contributed by atoms with Gasteiger partial charge in [0.1, 0.15) is 0 Å². The van der Waals surface area contributed by atoms with Crippen molar-refractivity contribution in [2.24, 2.45) is 0 Å². The van der Waals surface area contributed by atoms with Crippen LogP contribution in [0, 0.1) is 0 Å². The van der Waals surface area contributed by atoms with E-state index in [0.717, 1.165) is 11.8 Å². The fourth-order valence-corrected chi connectivity index (χ4v) is 4.05. The molecule has 0 radical (unpaired) electrons. The Hall–Kier alpha value is 0.117. The van der Waals surface area contributed by atoms with Crippen molar-refractivity contribution in [1.29, 1.82) is 0 Å². The maximum atomic E-state index is 10.7. The van der Waals surface area contributed by atoms with Crippen LogP contribution >= 0.6 is 11.8 Å². The standard InChI is InChI=1S/C6H14O4SSi/c1-6(7)11-5-12(8-2,9-3)10-4/h5H2,1-4H3. The van der Waals surface area contributed by atoms with E-state index in [4.69, 9.17) is 13.3 Å². The molecule has 0 fully saturated rings. The summed E-state index contributed by atoms with van der Waals surface area (Å²) in [5.74, 6) is 0. The molecule has 0 saturated carbocycles. The number of hydrogen-bond acceptors (Lipinski definition) is 5. The first-order valence-electron chi connectivity index (χ1n) is 3.39. The van der Waals surface area contributed by atoms with Gasteiger partial charge in [-0.2, -0.15) is 0 Å². The molecule has 4 nitrogen and oxygen atoms in total. The van der Waals surface area contributed by atoms with Crippen molar-refractivity contribution in [2.75, 3.05) is 26.7 Å². The van der Waals surface area contributed by atoms with Gasteiger partial charge in [0.05, 0.1) is 5.38 Å². The Labute approximate surface area is 77.9 Å². The van der Waals surface area contributed by atoms with Gasteiger partial charge in [0.2, 0.25) is 0 Å². The van der Waals surface area contributed by atoms with Crippen LogP contribution < -0.4 is 0 Å². The third kappa shape index (κ3) is 3.68. The highest BCUT2D eigenvalue weighted by Gasteiger charge is 2.38. The second-order valence-electron chi connectivity index (χ2n) is 2.08. The summed E-state index contributed by atoms with van der Waals surface area (Å²) in [6.07, 6.45) is 0. The third-order valence-corrected chi connectivity index (χ3v) is 5.65. The van der Waals surface area contributed by atoms with E-state index in [1.54, 1.807) is 0 Å². The molecule has 0 aliphatic rings. The van der Waals surface area contributed by atoms with Crippen molar-refractivity contribution < 1.29 is 18.1 Å². The van der Waals surface area contributed by atoms with Gasteiger partial charge in [0.15, 0.2) is 5.12 Å². The Morgan fingerprint density at radius 2 is 1.67 bits per heavy atom. The summed E-state index contributed by atoms with van der Waals surface area (Å²) in [5.41, 5.74) is 0. The number of carbonyl (C=O) groups excluding carboxylic acids is 1. The van der Waals surface area contributed by atoms with Gasteiger partial charge in [-0.05, 0) is 0 Å². The minimum Gasteiger partial charge on any atom is -0.376 e. The van der Waals surface area contributed by atoms with Crippen LogP contribution in [0.25, 0.3) is 0 Å². The molecule has 0 rings (SSSR count). The van der Waals surface area contributed by atoms with Gasteiger partial charge in [0, 0.05) is 28.3 Å². The van der Waals surface area contributed by atoms with Crippen LogP contribution in [0.2, 0.25) is 0 Å². The third-order valence-electron chi connectivity index (χ3n) is 1.39. The summed E-state index contributed by atoms with van der Waals surface area (Å²) in [4.78, 5) is 10.7. The number of hydrogen-bond donors (Lipinski definition) is 0. The number of carbonyl (C=O) groups is 1. The van der Waals surface area contributed by atoms with Crippen molar-refractivity contribution in [3.05, 3.63) is 0 Å². The summed E-state index contributed by atoms with van der Waals surface area (Å²) in [6.45, 7) is 1.50. The Morgan fingerprint density at radius 3 is 1.92 bits per heavy atom. The fourth-order valence-electron chi connectivity index (χ4n) is 0.617. The van der Waals surface area contributed by atoms with E-state index in [1.165, 1.54) is 28.3 Å². The molecule has 0 bridgehead atoms. The van der Waals surface area contributed by atoms with Crippen LogP contribution in [0.5, 0.6) is 0 Å². The van der Waals surface area contributed by atoms with E-state index in [9.17, 15) is 4.79 Å². The molecule has 0 aliphatic heterocycles. The van der Waals surface area contributed by atoms with Crippen molar-refractivity contribution in [2.45, 2.75) is 6.92 Å².